The van der Waals surface area contributed by atoms with Gasteiger partial charge in [0.25, 0.3) is 0 Å². The molecule has 0 saturated heterocycles. The maximum absolute atomic E-state index is 15.6. The number of hydrogen-bond acceptors (Lipinski definition) is 1. The van der Waals surface area contributed by atoms with Crippen molar-refractivity contribution in [1.29, 1.82) is 0 Å². The van der Waals surface area contributed by atoms with Gasteiger partial charge in [0, 0.05) is 22.9 Å². The monoisotopic (exact) mass is 518 g/mol. The van der Waals surface area contributed by atoms with Crippen LogP contribution in [0.2, 0.25) is 0 Å². The predicted octanol–water partition coefficient (Wildman–Crippen LogP) is 9.80. The normalized spacial score (nSPS) is 17.8. The molecule has 2 heterocycles. The molecule has 39 heavy (non-hydrogen) atoms. The summed E-state index contributed by atoms with van der Waals surface area (Å²) in [4.78, 5) is 0. The van der Waals surface area contributed by atoms with E-state index in [2.05, 4.69) is 47.9 Å². The highest BCUT2D eigenvalue weighted by atomic mass is 19.1. The smallest absolute Gasteiger partial charge is 0.216 e. The number of halogens is 1. The third-order valence-electron chi connectivity index (χ3n) is 9.89. The fraction of sp³-hybridized carbons (Fsp3) is 0.361. The van der Waals surface area contributed by atoms with Gasteiger partial charge in [0.2, 0.25) is 5.69 Å². The zero-order chi connectivity index (χ0) is 26.6. The summed E-state index contributed by atoms with van der Waals surface area (Å²) in [6.45, 7) is 2.11. The minimum absolute atomic E-state index is 0.230. The number of rotatable bonds is 3. The first-order valence-corrected chi connectivity index (χ1v) is 14.7. The lowest BCUT2D eigenvalue weighted by Gasteiger charge is -2.43. The third-order valence-corrected chi connectivity index (χ3v) is 9.89. The van der Waals surface area contributed by atoms with Crippen molar-refractivity contribution >= 4 is 21.9 Å². The van der Waals surface area contributed by atoms with Crippen molar-refractivity contribution in [2.24, 2.45) is 12.5 Å². The molecule has 2 saturated carbocycles. The molecule has 0 radical (unpaired) electrons. The van der Waals surface area contributed by atoms with Crippen LogP contribution < -0.4 is 4.57 Å². The van der Waals surface area contributed by atoms with Crippen LogP contribution in [0.15, 0.2) is 77.3 Å². The topological polar surface area (TPSA) is 17.0 Å². The molecule has 0 N–H and O–H groups in total. The highest BCUT2D eigenvalue weighted by Crippen LogP contribution is 2.51. The van der Waals surface area contributed by atoms with Gasteiger partial charge in [0.1, 0.15) is 24.0 Å². The van der Waals surface area contributed by atoms with Crippen LogP contribution in [0.25, 0.3) is 44.3 Å². The Morgan fingerprint density at radius 3 is 2.31 bits per heavy atom. The van der Waals surface area contributed by atoms with Crippen LogP contribution in [0, 0.1) is 18.2 Å². The Balaban J connectivity index is 1.32. The van der Waals surface area contributed by atoms with Gasteiger partial charge in [-0.2, -0.15) is 0 Å². The highest BCUT2D eigenvalue weighted by molar-refractivity contribution is 6.13. The standard InChI is InChI=1S/C36H37FNO/c1-24-12-13-28-29-14-15-30(37)33(35(29)39-34(28)32(24)31-11-4-7-22-38(31)2)27-10-8-9-26(23-27)25-16-20-36(21-17-25)18-5-3-6-19-36/h4,7-15,22-23,25H,3,5-6,16-21H2,1-2H3/q+1. The van der Waals surface area contributed by atoms with Crippen LogP contribution in [0.3, 0.4) is 0 Å². The van der Waals surface area contributed by atoms with Gasteiger partial charge < -0.3 is 4.42 Å². The van der Waals surface area contributed by atoms with Crippen LogP contribution in [0.5, 0.6) is 0 Å². The summed E-state index contributed by atoms with van der Waals surface area (Å²) in [5, 5.41) is 1.99. The lowest BCUT2D eigenvalue weighted by Crippen LogP contribution is -2.30. The van der Waals surface area contributed by atoms with Gasteiger partial charge in [-0.3, -0.25) is 0 Å². The van der Waals surface area contributed by atoms with E-state index < -0.39 is 0 Å². The molecule has 2 aliphatic rings. The van der Waals surface area contributed by atoms with Gasteiger partial charge >= 0.3 is 0 Å². The first-order chi connectivity index (χ1) is 19.0. The van der Waals surface area contributed by atoms with E-state index in [1.54, 1.807) is 6.07 Å². The summed E-state index contributed by atoms with van der Waals surface area (Å²) in [6, 6.07) is 22.6. The number of fused-ring (bicyclic) bond motifs is 3. The van der Waals surface area contributed by atoms with E-state index in [-0.39, 0.29) is 5.82 Å². The first-order valence-electron chi connectivity index (χ1n) is 14.7. The van der Waals surface area contributed by atoms with Crippen molar-refractivity contribution < 1.29 is 13.4 Å². The van der Waals surface area contributed by atoms with Crippen LogP contribution in [0.1, 0.15) is 74.8 Å². The van der Waals surface area contributed by atoms with E-state index in [0.29, 0.717) is 22.5 Å². The van der Waals surface area contributed by atoms with E-state index in [1.165, 1.54) is 63.4 Å². The van der Waals surface area contributed by atoms with Crippen molar-refractivity contribution in [2.45, 2.75) is 70.6 Å². The summed E-state index contributed by atoms with van der Waals surface area (Å²) >= 11 is 0. The maximum atomic E-state index is 15.6. The van der Waals surface area contributed by atoms with Crippen molar-refractivity contribution in [2.75, 3.05) is 0 Å². The summed E-state index contributed by atoms with van der Waals surface area (Å²) in [7, 11) is 2.05. The number of aryl methyl sites for hydroxylation is 2. The Morgan fingerprint density at radius 2 is 1.54 bits per heavy atom. The second kappa shape index (κ2) is 9.62. The summed E-state index contributed by atoms with van der Waals surface area (Å²) in [5.74, 6) is 0.329. The second-order valence-electron chi connectivity index (χ2n) is 12.2. The molecule has 0 bridgehead atoms. The predicted molar refractivity (Wildman–Crippen MR) is 157 cm³/mol. The van der Waals surface area contributed by atoms with Crippen molar-refractivity contribution in [3.05, 3.63) is 89.9 Å². The first kappa shape index (κ1) is 24.6. The molecule has 3 aromatic carbocycles. The number of nitrogens with zero attached hydrogens (tertiary/aromatic N) is 1. The number of pyridine rings is 1. The average molecular weight is 519 g/mol. The van der Waals surface area contributed by atoms with Crippen LogP contribution >= 0.6 is 0 Å². The largest absolute Gasteiger partial charge is 0.454 e. The molecule has 7 rings (SSSR count). The van der Waals surface area contributed by atoms with Crippen LogP contribution in [0.4, 0.5) is 4.39 Å². The molecular formula is C36H37FNO+. The molecule has 1 spiro atoms. The third kappa shape index (κ3) is 4.18. The van der Waals surface area contributed by atoms with Crippen molar-refractivity contribution in [3.63, 3.8) is 0 Å². The van der Waals surface area contributed by atoms with Gasteiger partial charge in [-0.25, -0.2) is 8.96 Å². The molecule has 2 aromatic heterocycles. The Bertz CT molecular complexity index is 1680. The molecule has 5 aromatic rings. The van der Waals surface area contributed by atoms with E-state index in [4.69, 9.17) is 4.42 Å². The quantitative estimate of drug-likeness (QED) is 0.217. The SMILES string of the molecule is Cc1ccc2c(oc3c(-c4cccc(C5CCC6(CCCCC6)CC5)c4)c(F)ccc32)c1-c1cccc[n+]1C. The Hall–Kier alpha value is -3.46. The van der Waals surface area contributed by atoms with Gasteiger partial charge in [-0.05, 0) is 91.7 Å². The Kier molecular flexibility index (Phi) is 6.06. The lowest BCUT2D eigenvalue weighted by atomic mass is 9.62. The minimum atomic E-state index is -0.230. The van der Waals surface area contributed by atoms with Crippen LogP contribution in [-0.4, -0.2) is 0 Å². The number of benzene rings is 3. The zero-order valence-corrected chi connectivity index (χ0v) is 23.1. The number of furan rings is 1. The van der Waals surface area contributed by atoms with Gasteiger partial charge in [-0.1, -0.05) is 55.7 Å². The second-order valence-corrected chi connectivity index (χ2v) is 12.2. The minimum Gasteiger partial charge on any atom is -0.454 e. The molecule has 0 unspecified atom stereocenters. The van der Waals surface area contributed by atoms with E-state index in [1.807, 2.05) is 37.5 Å². The summed E-state index contributed by atoms with van der Waals surface area (Å²) in [6.07, 6.45) is 14.3. The molecule has 3 heteroatoms. The van der Waals surface area contributed by atoms with Gasteiger partial charge in [-0.15, -0.1) is 0 Å². The fourth-order valence-corrected chi connectivity index (χ4v) is 7.66. The van der Waals surface area contributed by atoms with Crippen molar-refractivity contribution in [1.82, 2.24) is 0 Å². The molecule has 2 aliphatic carbocycles. The summed E-state index contributed by atoms with van der Waals surface area (Å²) < 4.78 is 24.4. The van der Waals surface area contributed by atoms with E-state index in [0.717, 1.165) is 38.7 Å². The van der Waals surface area contributed by atoms with Crippen LogP contribution in [-0.2, 0) is 7.05 Å². The number of aromatic nitrogens is 1. The fourth-order valence-electron chi connectivity index (χ4n) is 7.66. The molecule has 198 valence electrons. The highest BCUT2D eigenvalue weighted by Gasteiger charge is 2.36. The molecule has 0 amide bonds. The Morgan fingerprint density at radius 1 is 0.795 bits per heavy atom. The average Bonchev–Trinajstić information content (AvgIpc) is 3.33. The molecular weight excluding hydrogens is 481 g/mol. The van der Waals surface area contributed by atoms with Crippen molar-refractivity contribution in [3.8, 4) is 22.4 Å². The lowest BCUT2D eigenvalue weighted by molar-refractivity contribution is -0.660. The van der Waals surface area contributed by atoms with E-state index in [9.17, 15) is 0 Å². The molecule has 0 atom stereocenters. The van der Waals surface area contributed by atoms with Gasteiger partial charge in [0.05, 0.1) is 11.1 Å². The summed E-state index contributed by atoms with van der Waals surface area (Å²) in [5.41, 5.74) is 8.17. The van der Waals surface area contributed by atoms with Gasteiger partial charge in [0.15, 0.2) is 6.20 Å². The molecule has 2 fully saturated rings. The zero-order valence-electron chi connectivity index (χ0n) is 23.1. The maximum Gasteiger partial charge on any atom is 0.216 e. The molecule has 0 aliphatic heterocycles. The number of hydrogen-bond donors (Lipinski definition) is 0. The van der Waals surface area contributed by atoms with E-state index >= 15 is 4.39 Å². The molecule has 2 nitrogen and oxygen atoms in total. The Labute approximate surface area is 230 Å².